The minimum atomic E-state index is -0.721. The number of rotatable bonds is 3. The van der Waals surface area contributed by atoms with Crippen LogP contribution in [0.1, 0.15) is 40.5 Å². The highest BCUT2D eigenvalue weighted by atomic mass is 16.7. The largest absolute Gasteiger partial charge is 0.352 e. The normalized spacial score (nSPS) is 21.6. The Morgan fingerprint density at radius 2 is 1.82 bits per heavy atom. The molecule has 1 aromatic carbocycles. The Kier molecular flexibility index (Phi) is 3.40. The van der Waals surface area contributed by atoms with E-state index in [0.29, 0.717) is 17.9 Å². The van der Waals surface area contributed by atoms with Gasteiger partial charge < -0.3 is 10.2 Å². The van der Waals surface area contributed by atoms with Gasteiger partial charge in [0.05, 0.1) is 17.0 Å². The first-order valence-electron chi connectivity index (χ1n) is 6.98. The third-order valence-corrected chi connectivity index (χ3v) is 3.94. The van der Waals surface area contributed by atoms with E-state index in [0.717, 1.165) is 0 Å². The molecule has 0 aliphatic carbocycles. The fourth-order valence-electron chi connectivity index (χ4n) is 2.60. The van der Waals surface area contributed by atoms with E-state index in [-0.39, 0.29) is 23.1 Å². The molecule has 0 radical (unpaired) electrons. The van der Waals surface area contributed by atoms with Crippen molar-refractivity contribution in [1.29, 1.82) is 0 Å². The monoisotopic (exact) mass is 302 g/mol. The summed E-state index contributed by atoms with van der Waals surface area (Å²) >= 11 is 0. The lowest BCUT2D eigenvalue weighted by atomic mass is 10.0. The first kappa shape index (κ1) is 14.2. The smallest absolute Gasteiger partial charge is 0.338 e. The van der Waals surface area contributed by atoms with Gasteiger partial charge in [-0.05, 0) is 25.5 Å². The number of nitrogens with one attached hydrogen (secondary N) is 1. The quantitative estimate of drug-likeness (QED) is 0.828. The number of hydrogen-bond acceptors (Lipinski definition) is 5. The van der Waals surface area contributed by atoms with Crippen LogP contribution in [-0.2, 0) is 14.4 Å². The van der Waals surface area contributed by atoms with Crippen LogP contribution in [0.15, 0.2) is 24.3 Å². The average Bonchev–Trinajstić information content (AvgIpc) is 3.05. The third kappa shape index (κ3) is 2.24. The number of carbonyl (C=O) groups excluding carboxylic acids is 4. The number of hydrogen-bond donors (Lipinski definition) is 1. The minimum Gasteiger partial charge on any atom is -0.352 e. The standard InChI is InChI=1S/C15H14N2O5/c1-8(11-6-7-12(18)16-11)15(21)22-17-13(19)9-4-2-3-5-10(9)14(17)20/h2-5,8,11H,6-7H2,1H3,(H,16,18). The zero-order valence-corrected chi connectivity index (χ0v) is 11.9. The Balaban J connectivity index is 1.72. The number of hydroxylamine groups is 2. The zero-order valence-electron chi connectivity index (χ0n) is 11.9. The lowest BCUT2D eigenvalue weighted by Gasteiger charge is -2.20. The Morgan fingerprint density at radius 1 is 1.23 bits per heavy atom. The molecule has 0 aromatic heterocycles. The Hall–Kier alpha value is -2.70. The molecule has 0 bridgehead atoms. The second-order valence-electron chi connectivity index (χ2n) is 5.36. The fraction of sp³-hybridized carbons (Fsp3) is 0.333. The molecule has 3 rings (SSSR count). The molecule has 2 heterocycles. The molecular weight excluding hydrogens is 288 g/mol. The summed E-state index contributed by atoms with van der Waals surface area (Å²) in [5.41, 5.74) is 0.421. The van der Waals surface area contributed by atoms with E-state index < -0.39 is 23.7 Å². The van der Waals surface area contributed by atoms with Crippen molar-refractivity contribution in [2.45, 2.75) is 25.8 Å². The Morgan fingerprint density at radius 3 is 2.32 bits per heavy atom. The van der Waals surface area contributed by atoms with E-state index in [1.807, 2.05) is 0 Å². The van der Waals surface area contributed by atoms with E-state index in [4.69, 9.17) is 4.84 Å². The Labute approximate surface area is 126 Å². The van der Waals surface area contributed by atoms with Crippen molar-refractivity contribution in [3.63, 3.8) is 0 Å². The van der Waals surface area contributed by atoms with Crippen LogP contribution in [0.25, 0.3) is 0 Å². The Bertz CT molecular complexity index is 649. The molecule has 2 atom stereocenters. The zero-order chi connectivity index (χ0) is 15.9. The molecule has 0 saturated carbocycles. The molecule has 2 unspecified atom stereocenters. The SMILES string of the molecule is CC(C(=O)ON1C(=O)c2ccccc2C1=O)C1CCC(=O)N1. The molecule has 7 heteroatoms. The van der Waals surface area contributed by atoms with Gasteiger partial charge in [-0.1, -0.05) is 17.2 Å². The predicted octanol–water partition coefficient (Wildman–Crippen LogP) is 0.655. The molecule has 114 valence electrons. The predicted molar refractivity (Wildman–Crippen MR) is 73.4 cm³/mol. The molecule has 0 spiro atoms. The molecular formula is C15H14N2O5. The number of benzene rings is 1. The molecule has 1 aromatic rings. The second kappa shape index (κ2) is 5.25. The van der Waals surface area contributed by atoms with Crippen molar-refractivity contribution < 1.29 is 24.0 Å². The second-order valence-corrected chi connectivity index (χ2v) is 5.36. The number of carbonyl (C=O) groups is 4. The molecule has 1 saturated heterocycles. The van der Waals surface area contributed by atoms with Crippen molar-refractivity contribution in [2.75, 3.05) is 0 Å². The first-order chi connectivity index (χ1) is 10.5. The summed E-state index contributed by atoms with van der Waals surface area (Å²) in [6.45, 7) is 1.59. The van der Waals surface area contributed by atoms with Crippen LogP contribution < -0.4 is 5.32 Å². The highest BCUT2D eigenvalue weighted by molar-refractivity contribution is 6.20. The third-order valence-electron chi connectivity index (χ3n) is 3.94. The van der Waals surface area contributed by atoms with Gasteiger partial charge in [0.2, 0.25) is 5.91 Å². The number of fused-ring (bicyclic) bond motifs is 1. The number of nitrogens with zero attached hydrogens (tertiary/aromatic N) is 1. The molecule has 22 heavy (non-hydrogen) atoms. The van der Waals surface area contributed by atoms with Crippen molar-refractivity contribution in [3.05, 3.63) is 35.4 Å². The summed E-state index contributed by atoms with van der Waals surface area (Å²) in [4.78, 5) is 52.5. The van der Waals surface area contributed by atoms with Crippen molar-refractivity contribution in [2.24, 2.45) is 5.92 Å². The summed E-state index contributed by atoms with van der Waals surface area (Å²) in [7, 11) is 0. The first-order valence-corrected chi connectivity index (χ1v) is 6.98. The van der Waals surface area contributed by atoms with Gasteiger partial charge in [0, 0.05) is 12.5 Å². The van der Waals surface area contributed by atoms with E-state index >= 15 is 0 Å². The molecule has 2 aliphatic rings. The summed E-state index contributed by atoms with van der Waals surface area (Å²) in [5, 5.41) is 3.16. The van der Waals surface area contributed by atoms with Crippen LogP contribution in [0.3, 0.4) is 0 Å². The van der Waals surface area contributed by atoms with E-state index in [2.05, 4.69) is 5.32 Å². The van der Waals surface area contributed by atoms with E-state index in [9.17, 15) is 19.2 Å². The summed E-state index contributed by atoms with van der Waals surface area (Å²) in [5.74, 6) is -2.80. The molecule has 7 nitrogen and oxygen atoms in total. The summed E-state index contributed by atoms with van der Waals surface area (Å²) < 4.78 is 0. The highest BCUT2D eigenvalue weighted by Crippen LogP contribution is 2.24. The van der Waals surface area contributed by atoms with Crippen molar-refractivity contribution >= 4 is 23.7 Å². The average molecular weight is 302 g/mol. The molecule has 1 N–H and O–H groups in total. The maximum Gasteiger partial charge on any atom is 0.338 e. The summed E-state index contributed by atoms with van der Waals surface area (Å²) in [6.07, 6.45) is 0.881. The van der Waals surface area contributed by atoms with Gasteiger partial charge in [-0.2, -0.15) is 0 Å². The van der Waals surface area contributed by atoms with Crippen LogP contribution in [0, 0.1) is 5.92 Å². The number of imide groups is 1. The van der Waals surface area contributed by atoms with Crippen LogP contribution in [0.2, 0.25) is 0 Å². The van der Waals surface area contributed by atoms with E-state index in [1.165, 1.54) is 12.1 Å². The van der Waals surface area contributed by atoms with Crippen molar-refractivity contribution in [1.82, 2.24) is 10.4 Å². The van der Waals surface area contributed by atoms with Crippen molar-refractivity contribution in [3.8, 4) is 0 Å². The lowest BCUT2D eigenvalue weighted by Crippen LogP contribution is -2.41. The van der Waals surface area contributed by atoms with Crippen LogP contribution in [0.4, 0.5) is 0 Å². The lowest BCUT2D eigenvalue weighted by molar-refractivity contribution is -0.174. The minimum absolute atomic E-state index is 0.120. The van der Waals surface area contributed by atoms with Gasteiger partial charge in [0.1, 0.15) is 0 Å². The van der Waals surface area contributed by atoms with Crippen LogP contribution >= 0.6 is 0 Å². The van der Waals surface area contributed by atoms with E-state index in [1.54, 1.807) is 19.1 Å². The summed E-state index contributed by atoms with van der Waals surface area (Å²) in [6, 6.07) is 5.93. The van der Waals surface area contributed by atoms with Gasteiger partial charge in [-0.15, -0.1) is 0 Å². The maximum atomic E-state index is 12.1. The molecule has 1 fully saturated rings. The molecule has 3 amide bonds. The van der Waals surface area contributed by atoms with Gasteiger partial charge in [0.25, 0.3) is 11.8 Å². The fourth-order valence-corrected chi connectivity index (χ4v) is 2.60. The maximum absolute atomic E-state index is 12.1. The molecule has 2 aliphatic heterocycles. The van der Waals surface area contributed by atoms with Gasteiger partial charge in [0.15, 0.2) is 0 Å². The highest BCUT2D eigenvalue weighted by Gasteiger charge is 2.40. The van der Waals surface area contributed by atoms with Gasteiger partial charge in [-0.25, -0.2) is 4.79 Å². The topological polar surface area (TPSA) is 92.8 Å². The van der Waals surface area contributed by atoms with Crippen LogP contribution in [-0.4, -0.2) is 34.8 Å². The van der Waals surface area contributed by atoms with Gasteiger partial charge >= 0.3 is 5.97 Å². The number of amides is 3. The van der Waals surface area contributed by atoms with Crippen LogP contribution in [0.5, 0.6) is 0 Å². The van der Waals surface area contributed by atoms with Gasteiger partial charge in [-0.3, -0.25) is 14.4 Å².